The summed E-state index contributed by atoms with van der Waals surface area (Å²) in [5.41, 5.74) is 1.44. The second-order valence-electron chi connectivity index (χ2n) is 5.35. The Kier molecular flexibility index (Phi) is 6.61. The molecular weight excluding hydrogens is 372 g/mol. The fraction of sp³-hybridized carbons (Fsp3) is 0.333. The minimum Gasteiger partial charge on any atom is -0.493 e. The lowest BCUT2D eigenvalue weighted by atomic mass is 10.1. The van der Waals surface area contributed by atoms with Gasteiger partial charge >= 0.3 is 0 Å². The molecule has 1 atom stereocenters. The standard InChI is InChI=1S/C18H21BrN2O3/c1-4-7-24-16-6-5-13(9-17(16)23-3)12(2)21-18(22)14-8-15(19)11-20-10-14/h5-6,8-12H,4,7H2,1-3H3,(H,21,22)/t12-/m1/s1. The van der Waals surface area contributed by atoms with Gasteiger partial charge in [0.2, 0.25) is 0 Å². The Hall–Kier alpha value is -2.08. The zero-order valence-corrected chi connectivity index (χ0v) is 15.6. The van der Waals surface area contributed by atoms with Crippen molar-refractivity contribution in [3.8, 4) is 11.5 Å². The summed E-state index contributed by atoms with van der Waals surface area (Å²) in [6.45, 7) is 4.61. The number of nitrogens with zero attached hydrogens (tertiary/aromatic N) is 1. The van der Waals surface area contributed by atoms with Crippen LogP contribution in [0.4, 0.5) is 0 Å². The minimum atomic E-state index is -0.179. The zero-order valence-electron chi connectivity index (χ0n) is 14.0. The molecule has 2 aromatic rings. The monoisotopic (exact) mass is 392 g/mol. The molecule has 128 valence electrons. The van der Waals surface area contributed by atoms with Crippen LogP contribution in [0.3, 0.4) is 0 Å². The van der Waals surface area contributed by atoms with E-state index in [1.54, 1.807) is 19.4 Å². The van der Waals surface area contributed by atoms with E-state index in [9.17, 15) is 4.79 Å². The van der Waals surface area contributed by atoms with Crippen molar-refractivity contribution >= 4 is 21.8 Å². The molecule has 0 fully saturated rings. The number of hydrogen-bond acceptors (Lipinski definition) is 4. The average Bonchev–Trinajstić information content (AvgIpc) is 2.59. The summed E-state index contributed by atoms with van der Waals surface area (Å²) in [6, 6.07) is 7.24. The van der Waals surface area contributed by atoms with Gasteiger partial charge in [0, 0.05) is 16.9 Å². The van der Waals surface area contributed by atoms with Gasteiger partial charge in [-0.25, -0.2) is 0 Å². The maximum atomic E-state index is 12.3. The second kappa shape index (κ2) is 8.68. The van der Waals surface area contributed by atoms with Crippen LogP contribution in [0.5, 0.6) is 11.5 Å². The second-order valence-corrected chi connectivity index (χ2v) is 6.26. The predicted octanol–water partition coefficient (Wildman–Crippen LogP) is 4.13. The molecule has 0 aliphatic heterocycles. The van der Waals surface area contributed by atoms with Gasteiger partial charge in [-0.3, -0.25) is 9.78 Å². The first-order valence-corrected chi connectivity index (χ1v) is 8.56. The topological polar surface area (TPSA) is 60.5 Å². The number of hydrogen-bond donors (Lipinski definition) is 1. The van der Waals surface area contributed by atoms with E-state index in [1.807, 2.05) is 25.1 Å². The van der Waals surface area contributed by atoms with E-state index in [0.717, 1.165) is 16.5 Å². The average molecular weight is 393 g/mol. The molecule has 6 heteroatoms. The number of carbonyl (C=O) groups excluding carboxylic acids is 1. The number of nitrogens with one attached hydrogen (secondary N) is 1. The van der Waals surface area contributed by atoms with E-state index in [1.165, 1.54) is 6.20 Å². The molecule has 1 N–H and O–H groups in total. The van der Waals surface area contributed by atoms with Crippen LogP contribution in [0, 0.1) is 0 Å². The quantitative estimate of drug-likeness (QED) is 0.769. The van der Waals surface area contributed by atoms with Gasteiger partial charge < -0.3 is 14.8 Å². The summed E-state index contributed by atoms with van der Waals surface area (Å²) in [5, 5.41) is 2.96. The third kappa shape index (κ3) is 4.71. The number of aromatic nitrogens is 1. The maximum absolute atomic E-state index is 12.3. The lowest BCUT2D eigenvalue weighted by Crippen LogP contribution is -2.26. The molecule has 0 aliphatic rings. The molecule has 1 amide bonds. The molecular formula is C18H21BrN2O3. The van der Waals surface area contributed by atoms with Gasteiger partial charge in [-0.1, -0.05) is 13.0 Å². The lowest BCUT2D eigenvalue weighted by molar-refractivity contribution is 0.0939. The fourth-order valence-electron chi connectivity index (χ4n) is 2.18. The van der Waals surface area contributed by atoms with Crippen molar-refractivity contribution in [3.63, 3.8) is 0 Å². The van der Waals surface area contributed by atoms with Crippen LogP contribution in [0.1, 0.15) is 42.2 Å². The van der Waals surface area contributed by atoms with Crippen molar-refractivity contribution < 1.29 is 14.3 Å². The van der Waals surface area contributed by atoms with Crippen LogP contribution in [0.2, 0.25) is 0 Å². The molecule has 1 aromatic carbocycles. The van der Waals surface area contributed by atoms with E-state index in [-0.39, 0.29) is 11.9 Å². The van der Waals surface area contributed by atoms with Gasteiger partial charge in [0.25, 0.3) is 5.91 Å². The summed E-state index contributed by atoms with van der Waals surface area (Å²) >= 11 is 3.32. The Morgan fingerprint density at radius 2 is 2.08 bits per heavy atom. The number of benzene rings is 1. The first-order chi connectivity index (χ1) is 11.5. The summed E-state index contributed by atoms with van der Waals surface area (Å²) in [4.78, 5) is 16.3. The summed E-state index contributed by atoms with van der Waals surface area (Å²) in [5.74, 6) is 1.19. The van der Waals surface area contributed by atoms with Crippen LogP contribution < -0.4 is 14.8 Å². The molecule has 2 rings (SSSR count). The number of rotatable bonds is 7. The first-order valence-electron chi connectivity index (χ1n) is 7.77. The highest BCUT2D eigenvalue weighted by Crippen LogP contribution is 2.30. The Balaban J connectivity index is 2.11. The van der Waals surface area contributed by atoms with Crippen molar-refractivity contribution in [2.45, 2.75) is 26.3 Å². The Morgan fingerprint density at radius 1 is 1.29 bits per heavy atom. The number of carbonyl (C=O) groups is 1. The third-order valence-electron chi connectivity index (χ3n) is 3.46. The van der Waals surface area contributed by atoms with Crippen LogP contribution in [0.15, 0.2) is 41.1 Å². The van der Waals surface area contributed by atoms with Gasteiger partial charge in [0.1, 0.15) is 0 Å². The number of methoxy groups -OCH3 is 1. The number of pyridine rings is 1. The van der Waals surface area contributed by atoms with E-state index in [0.29, 0.717) is 23.7 Å². The molecule has 0 bridgehead atoms. The van der Waals surface area contributed by atoms with E-state index < -0.39 is 0 Å². The highest BCUT2D eigenvalue weighted by atomic mass is 79.9. The Bertz CT molecular complexity index is 706. The molecule has 5 nitrogen and oxygen atoms in total. The normalized spacial score (nSPS) is 11.7. The van der Waals surface area contributed by atoms with Crippen molar-refractivity contribution in [2.24, 2.45) is 0 Å². The summed E-state index contributed by atoms with van der Waals surface area (Å²) in [6.07, 6.45) is 4.10. The number of amides is 1. The maximum Gasteiger partial charge on any atom is 0.253 e. The van der Waals surface area contributed by atoms with E-state index in [4.69, 9.17) is 9.47 Å². The molecule has 0 unspecified atom stereocenters. The molecule has 24 heavy (non-hydrogen) atoms. The van der Waals surface area contributed by atoms with Gasteiger partial charge in [0.15, 0.2) is 11.5 Å². The molecule has 0 radical (unpaired) electrons. The van der Waals surface area contributed by atoms with Crippen LogP contribution in [-0.4, -0.2) is 24.6 Å². The van der Waals surface area contributed by atoms with Gasteiger partial charge in [-0.2, -0.15) is 0 Å². The Labute approximate surface area is 150 Å². The zero-order chi connectivity index (χ0) is 17.5. The van der Waals surface area contributed by atoms with Gasteiger partial charge in [-0.05, 0) is 53.0 Å². The highest BCUT2D eigenvalue weighted by molar-refractivity contribution is 9.10. The molecule has 0 aliphatic carbocycles. The van der Waals surface area contributed by atoms with E-state index >= 15 is 0 Å². The van der Waals surface area contributed by atoms with Crippen molar-refractivity contribution in [1.29, 1.82) is 0 Å². The molecule has 0 spiro atoms. The lowest BCUT2D eigenvalue weighted by Gasteiger charge is -2.17. The fourth-order valence-corrected chi connectivity index (χ4v) is 2.55. The summed E-state index contributed by atoms with van der Waals surface area (Å²) in [7, 11) is 1.61. The van der Waals surface area contributed by atoms with Crippen molar-refractivity contribution in [2.75, 3.05) is 13.7 Å². The van der Waals surface area contributed by atoms with Crippen LogP contribution in [0.25, 0.3) is 0 Å². The van der Waals surface area contributed by atoms with Crippen molar-refractivity contribution in [3.05, 3.63) is 52.3 Å². The molecule has 1 heterocycles. The molecule has 1 aromatic heterocycles. The van der Waals surface area contributed by atoms with Crippen LogP contribution >= 0.6 is 15.9 Å². The molecule has 0 saturated heterocycles. The smallest absolute Gasteiger partial charge is 0.253 e. The highest BCUT2D eigenvalue weighted by Gasteiger charge is 2.14. The Morgan fingerprint density at radius 3 is 2.75 bits per heavy atom. The minimum absolute atomic E-state index is 0.175. The van der Waals surface area contributed by atoms with Gasteiger partial charge in [-0.15, -0.1) is 0 Å². The number of ether oxygens (including phenoxy) is 2. The summed E-state index contributed by atoms with van der Waals surface area (Å²) < 4.78 is 11.8. The largest absolute Gasteiger partial charge is 0.493 e. The van der Waals surface area contributed by atoms with E-state index in [2.05, 4.69) is 33.2 Å². The third-order valence-corrected chi connectivity index (χ3v) is 3.90. The predicted molar refractivity (Wildman–Crippen MR) is 96.6 cm³/mol. The van der Waals surface area contributed by atoms with Crippen molar-refractivity contribution in [1.82, 2.24) is 10.3 Å². The molecule has 0 saturated carbocycles. The van der Waals surface area contributed by atoms with Gasteiger partial charge in [0.05, 0.1) is 25.3 Å². The van der Waals surface area contributed by atoms with Crippen LogP contribution in [-0.2, 0) is 0 Å². The number of halogens is 1. The first kappa shape index (κ1) is 18.3. The SMILES string of the molecule is CCCOc1ccc([C@@H](C)NC(=O)c2cncc(Br)c2)cc1OC.